The SMILES string of the molecule is COCc1cc(Cn2cc(CC(N)C(=O)O)nn2)no1. The minimum atomic E-state index is -1.07. The fraction of sp³-hybridized carbons (Fsp3) is 0.455. The standard InChI is InChI=1S/C11H15N5O4/c1-19-6-9-2-8(14-20-9)5-16-4-7(13-15-16)3-10(12)11(17)18/h2,4,10H,3,5-6,12H2,1H3,(H,17,18). The van der Waals surface area contributed by atoms with Gasteiger partial charge in [0.05, 0.1) is 12.2 Å². The number of aliphatic carboxylic acids is 1. The van der Waals surface area contributed by atoms with Gasteiger partial charge in [-0.15, -0.1) is 5.10 Å². The Morgan fingerprint density at radius 2 is 2.40 bits per heavy atom. The predicted molar refractivity (Wildman–Crippen MR) is 65.7 cm³/mol. The van der Waals surface area contributed by atoms with E-state index in [1.165, 1.54) is 0 Å². The number of hydrogen-bond donors (Lipinski definition) is 2. The van der Waals surface area contributed by atoms with Crippen LogP contribution in [0.4, 0.5) is 0 Å². The van der Waals surface area contributed by atoms with Crippen molar-refractivity contribution in [2.45, 2.75) is 25.6 Å². The van der Waals surface area contributed by atoms with Gasteiger partial charge in [-0.05, 0) is 0 Å². The lowest BCUT2D eigenvalue weighted by Crippen LogP contribution is -2.32. The quantitative estimate of drug-likeness (QED) is 0.689. The fourth-order valence-electron chi connectivity index (χ4n) is 1.63. The molecular weight excluding hydrogens is 266 g/mol. The molecule has 0 radical (unpaired) electrons. The Hall–Kier alpha value is -2.26. The van der Waals surface area contributed by atoms with Gasteiger partial charge in [-0.3, -0.25) is 4.79 Å². The second-order valence-corrected chi connectivity index (χ2v) is 4.27. The Labute approximate surface area is 114 Å². The van der Waals surface area contributed by atoms with Crippen molar-refractivity contribution in [2.75, 3.05) is 7.11 Å². The molecule has 9 heteroatoms. The summed E-state index contributed by atoms with van der Waals surface area (Å²) in [5.41, 5.74) is 6.62. The summed E-state index contributed by atoms with van der Waals surface area (Å²) in [4.78, 5) is 10.7. The molecule has 1 atom stereocenters. The Morgan fingerprint density at radius 3 is 3.10 bits per heavy atom. The maximum atomic E-state index is 10.7. The zero-order valence-corrected chi connectivity index (χ0v) is 10.9. The molecule has 2 aromatic rings. The summed E-state index contributed by atoms with van der Waals surface area (Å²) in [6.07, 6.45) is 1.76. The van der Waals surface area contributed by atoms with Gasteiger partial charge in [0.1, 0.15) is 18.3 Å². The molecule has 0 aliphatic carbocycles. The number of hydrogen-bond acceptors (Lipinski definition) is 7. The average Bonchev–Trinajstić information content (AvgIpc) is 3.00. The molecule has 3 N–H and O–H groups in total. The number of carbonyl (C=O) groups is 1. The molecule has 0 aromatic carbocycles. The molecule has 2 aromatic heterocycles. The molecule has 0 spiro atoms. The summed E-state index contributed by atoms with van der Waals surface area (Å²) >= 11 is 0. The van der Waals surface area contributed by atoms with Gasteiger partial charge in [-0.2, -0.15) is 0 Å². The van der Waals surface area contributed by atoms with Gasteiger partial charge in [-0.25, -0.2) is 4.68 Å². The van der Waals surface area contributed by atoms with Crippen LogP contribution >= 0.6 is 0 Å². The fourth-order valence-corrected chi connectivity index (χ4v) is 1.63. The van der Waals surface area contributed by atoms with Gasteiger partial charge in [0, 0.05) is 25.8 Å². The molecule has 0 aliphatic rings. The van der Waals surface area contributed by atoms with Crippen molar-refractivity contribution in [1.29, 1.82) is 0 Å². The normalized spacial score (nSPS) is 12.5. The first kappa shape index (κ1) is 14.2. The van der Waals surface area contributed by atoms with Crippen molar-refractivity contribution >= 4 is 5.97 Å². The van der Waals surface area contributed by atoms with Crippen molar-refractivity contribution in [3.63, 3.8) is 0 Å². The minimum Gasteiger partial charge on any atom is -0.480 e. The van der Waals surface area contributed by atoms with E-state index in [-0.39, 0.29) is 6.42 Å². The number of aromatic nitrogens is 4. The third kappa shape index (κ3) is 3.62. The van der Waals surface area contributed by atoms with Crippen molar-refractivity contribution in [3.05, 3.63) is 29.4 Å². The minimum absolute atomic E-state index is 0.128. The van der Waals surface area contributed by atoms with E-state index in [4.69, 9.17) is 20.1 Å². The number of carboxylic acids is 1. The summed E-state index contributed by atoms with van der Waals surface area (Å²) in [7, 11) is 1.57. The number of ether oxygens (including phenoxy) is 1. The highest BCUT2D eigenvalue weighted by Crippen LogP contribution is 2.07. The molecule has 0 bridgehead atoms. The monoisotopic (exact) mass is 281 g/mol. The third-order valence-corrected chi connectivity index (χ3v) is 2.55. The summed E-state index contributed by atoms with van der Waals surface area (Å²) in [5, 5.41) is 20.3. The van der Waals surface area contributed by atoms with E-state index < -0.39 is 12.0 Å². The number of rotatable bonds is 7. The van der Waals surface area contributed by atoms with Crippen LogP contribution in [0.2, 0.25) is 0 Å². The summed E-state index contributed by atoms with van der Waals surface area (Å²) in [5.74, 6) is -0.448. The number of nitrogens with two attached hydrogens (primary N) is 1. The summed E-state index contributed by atoms with van der Waals surface area (Å²) in [6.45, 7) is 0.728. The maximum Gasteiger partial charge on any atom is 0.320 e. The Kier molecular flexibility index (Phi) is 4.43. The third-order valence-electron chi connectivity index (χ3n) is 2.55. The first-order valence-corrected chi connectivity index (χ1v) is 5.89. The highest BCUT2D eigenvalue weighted by atomic mass is 16.5. The molecule has 9 nitrogen and oxygen atoms in total. The van der Waals surface area contributed by atoms with Crippen LogP contribution in [0.5, 0.6) is 0 Å². The van der Waals surface area contributed by atoms with Crippen molar-refractivity contribution < 1.29 is 19.2 Å². The van der Waals surface area contributed by atoms with E-state index in [1.54, 1.807) is 24.1 Å². The smallest absolute Gasteiger partial charge is 0.320 e. The number of nitrogens with zero attached hydrogens (tertiary/aromatic N) is 4. The highest BCUT2D eigenvalue weighted by molar-refractivity contribution is 5.73. The topological polar surface area (TPSA) is 129 Å². The zero-order valence-electron chi connectivity index (χ0n) is 10.9. The number of methoxy groups -OCH3 is 1. The van der Waals surface area contributed by atoms with Crippen LogP contribution in [0.25, 0.3) is 0 Å². The van der Waals surface area contributed by atoms with Crippen LogP contribution in [0.15, 0.2) is 16.8 Å². The first-order chi connectivity index (χ1) is 9.58. The first-order valence-electron chi connectivity index (χ1n) is 5.89. The van der Waals surface area contributed by atoms with E-state index in [2.05, 4.69) is 15.5 Å². The predicted octanol–water partition coefficient (Wildman–Crippen LogP) is -0.585. The lowest BCUT2D eigenvalue weighted by atomic mass is 10.2. The molecule has 20 heavy (non-hydrogen) atoms. The van der Waals surface area contributed by atoms with E-state index in [9.17, 15) is 4.79 Å². The van der Waals surface area contributed by atoms with Gasteiger partial charge in [0.25, 0.3) is 0 Å². The van der Waals surface area contributed by atoms with Gasteiger partial charge in [0.15, 0.2) is 5.76 Å². The van der Waals surface area contributed by atoms with Gasteiger partial charge < -0.3 is 20.1 Å². The second-order valence-electron chi connectivity index (χ2n) is 4.27. The molecule has 2 heterocycles. The van der Waals surface area contributed by atoms with Crippen LogP contribution in [0.3, 0.4) is 0 Å². The molecular formula is C11H15N5O4. The zero-order chi connectivity index (χ0) is 14.5. The van der Waals surface area contributed by atoms with Crippen LogP contribution in [-0.2, 0) is 29.1 Å². The second kappa shape index (κ2) is 6.26. The van der Waals surface area contributed by atoms with E-state index in [0.717, 1.165) is 0 Å². The highest BCUT2D eigenvalue weighted by Gasteiger charge is 2.14. The van der Waals surface area contributed by atoms with Gasteiger partial charge >= 0.3 is 5.97 Å². The molecule has 108 valence electrons. The van der Waals surface area contributed by atoms with Crippen molar-refractivity contribution in [3.8, 4) is 0 Å². The van der Waals surface area contributed by atoms with E-state index in [1.807, 2.05) is 0 Å². The molecule has 1 unspecified atom stereocenters. The van der Waals surface area contributed by atoms with E-state index >= 15 is 0 Å². The van der Waals surface area contributed by atoms with Gasteiger partial charge in [-0.1, -0.05) is 10.4 Å². The molecule has 0 fully saturated rings. The van der Waals surface area contributed by atoms with Crippen LogP contribution in [0, 0.1) is 0 Å². The lowest BCUT2D eigenvalue weighted by molar-refractivity contribution is -0.138. The Morgan fingerprint density at radius 1 is 1.60 bits per heavy atom. The molecule has 0 saturated carbocycles. The largest absolute Gasteiger partial charge is 0.480 e. The van der Waals surface area contributed by atoms with E-state index in [0.29, 0.717) is 30.3 Å². The summed E-state index contributed by atoms with van der Waals surface area (Å²) < 4.78 is 11.5. The average molecular weight is 281 g/mol. The Bertz CT molecular complexity index is 579. The van der Waals surface area contributed by atoms with Crippen LogP contribution in [0.1, 0.15) is 17.1 Å². The number of carboxylic acid groups (broad SMARTS) is 1. The van der Waals surface area contributed by atoms with Crippen LogP contribution < -0.4 is 5.73 Å². The summed E-state index contributed by atoms with van der Waals surface area (Å²) in [6, 6.07) is 0.772. The van der Waals surface area contributed by atoms with Crippen molar-refractivity contribution in [2.24, 2.45) is 5.73 Å². The van der Waals surface area contributed by atoms with Gasteiger partial charge in [0.2, 0.25) is 0 Å². The lowest BCUT2D eigenvalue weighted by Gasteiger charge is -2.01. The van der Waals surface area contributed by atoms with Crippen LogP contribution in [-0.4, -0.2) is 44.4 Å². The molecule has 2 rings (SSSR count). The molecule has 0 amide bonds. The van der Waals surface area contributed by atoms with Crippen molar-refractivity contribution in [1.82, 2.24) is 20.2 Å². The molecule has 0 aliphatic heterocycles. The Balaban J connectivity index is 1.96. The molecule has 0 saturated heterocycles. The maximum absolute atomic E-state index is 10.7.